The van der Waals surface area contributed by atoms with Gasteiger partial charge in [0, 0.05) is 42.1 Å². The van der Waals surface area contributed by atoms with Crippen molar-refractivity contribution in [1.82, 2.24) is 10.3 Å². The molecule has 0 radical (unpaired) electrons. The Morgan fingerprint density at radius 3 is 2.59 bits per heavy atom. The highest BCUT2D eigenvalue weighted by atomic mass is 19.1. The van der Waals surface area contributed by atoms with Gasteiger partial charge in [-0.3, -0.25) is 14.8 Å². The van der Waals surface area contributed by atoms with E-state index in [1.165, 1.54) is 12.1 Å². The minimum atomic E-state index is -0.279. The van der Waals surface area contributed by atoms with Crippen molar-refractivity contribution in [3.8, 4) is 0 Å². The van der Waals surface area contributed by atoms with Crippen LogP contribution in [-0.2, 0) is 6.42 Å². The predicted molar refractivity (Wildman–Crippen MR) is 123 cm³/mol. The van der Waals surface area contributed by atoms with E-state index in [1.54, 1.807) is 24.4 Å². The zero-order valence-electron chi connectivity index (χ0n) is 17.5. The maximum absolute atomic E-state index is 13.2. The fourth-order valence-corrected chi connectivity index (χ4v) is 3.75. The van der Waals surface area contributed by atoms with Crippen LogP contribution in [0, 0.1) is 5.82 Å². The third-order valence-corrected chi connectivity index (χ3v) is 5.39. The Hall–Kier alpha value is -3.64. The smallest absolute Gasteiger partial charge is 0.252 e. The lowest BCUT2D eigenvalue weighted by molar-refractivity contribution is 0.0930. The van der Waals surface area contributed by atoms with Crippen LogP contribution in [0.25, 0.3) is 5.57 Å². The van der Waals surface area contributed by atoms with Crippen LogP contribution in [0.3, 0.4) is 0 Å². The molecule has 2 N–H and O–H groups in total. The lowest BCUT2D eigenvalue weighted by Gasteiger charge is -2.18. The van der Waals surface area contributed by atoms with E-state index in [1.807, 2.05) is 42.5 Å². The third-order valence-electron chi connectivity index (χ3n) is 5.39. The molecule has 1 aliphatic rings. The van der Waals surface area contributed by atoms with Gasteiger partial charge >= 0.3 is 0 Å². The van der Waals surface area contributed by atoms with Crippen molar-refractivity contribution in [1.29, 1.82) is 0 Å². The summed E-state index contributed by atoms with van der Waals surface area (Å²) in [5.41, 5.74) is 4.72. The summed E-state index contributed by atoms with van der Waals surface area (Å²) in [5, 5.41) is 12.5. The molecule has 0 unspecified atom stereocenters. The topological polar surface area (TPSA) is 74.6 Å². The zero-order valence-corrected chi connectivity index (χ0v) is 17.5. The Kier molecular flexibility index (Phi) is 6.82. The fourth-order valence-electron chi connectivity index (χ4n) is 3.75. The zero-order chi connectivity index (χ0) is 22.3. The van der Waals surface area contributed by atoms with Gasteiger partial charge in [0.25, 0.3) is 5.91 Å². The van der Waals surface area contributed by atoms with Gasteiger partial charge in [-0.1, -0.05) is 36.4 Å². The number of hydrogen-bond donors (Lipinski definition) is 2. The van der Waals surface area contributed by atoms with E-state index in [0.717, 1.165) is 28.1 Å². The number of carbonyl (C=O) groups is 1. The van der Waals surface area contributed by atoms with Gasteiger partial charge in [-0.25, -0.2) is 4.39 Å². The molecule has 1 aromatic heterocycles. The lowest BCUT2D eigenvalue weighted by atomic mass is 9.99. The van der Waals surface area contributed by atoms with Gasteiger partial charge in [-0.15, -0.1) is 0 Å². The summed E-state index contributed by atoms with van der Waals surface area (Å²) in [5.74, 6) is -0.500. The number of hydrogen-bond acceptors (Lipinski definition) is 4. The fraction of sp³-hybridized carbons (Fsp3) is 0.192. The van der Waals surface area contributed by atoms with Crippen molar-refractivity contribution >= 4 is 17.2 Å². The number of aliphatic hydroxyl groups is 1. The number of benzene rings is 2. The molecule has 32 heavy (non-hydrogen) atoms. The molecule has 0 saturated carbocycles. The van der Waals surface area contributed by atoms with Gasteiger partial charge in [-0.2, -0.15) is 0 Å². The molecule has 5 nitrogen and oxygen atoms in total. The first-order valence-corrected chi connectivity index (χ1v) is 10.6. The Labute approximate surface area is 186 Å². The maximum Gasteiger partial charge on any atom is 0.252 e. The monoisotopic (exact) mass is 429 g/mol. The summed E-state index contributed by atoms with van der Waals surface area (Å²) >= 11 is 0. The first-order valence-electron chi connectivity index (χ1n) is 10.6. The number of amides is 1. The second-order valence-electron chi connectivity index (χ2n) is 7.63. The molecule has 3 aromatic rings. The number of nitrogens with zero attached hydrogens (tertiary/aromatic N) is 2. The summed E-state index contributed by atoms with van der Waals surface area (Å²) < 4.78 is 13.2. The summed E-state index contributed by atoms with van der Waals surface area (Å²) in [6.07, 6.45) is 4.62. The summed E-state index contributed by atoms with van der Waals surface area (Å²) in [4.78, 5) is 22.1. The predicted octanol–water partition coefficient (Wildman–Crippen LogP) is 3.83. The van der Waals surface area contributed by atoms with E-state index in [-0.39, 0.29) is 24.4 Å². The molecule has 2 aromatic carbocycles. The molecule has 0 aliphatic carbocycles. The average Bonchev–Trinajstić information content (AvgIpc) is 3.30. The minimum Gasteiger partial charge on any atom is -0.396 e. The van der Waals surface area contributed by atoms with E-state index in [0.29, 0.717) is 24.9 Å². The molecule has 0 fully saturated rings. The van der Waals surface area contributed by atoms with Crippen LogP contribution in [0.1, 0.15) is 33.6 Å². The molecule has 1 aliphatic heterocycles. The second-order valence-corrected chi connectivity index (χ2v) is 7.63. The Morgan fingerprint density at radius 2 is 1.84 bits per heavy atom. The van der Waals surface area contributed by atoms with Gasteiger partial charge in [0.05, 0.1) is 12.3 Å². The molecule has 1 amide bonds. The van der Waals surface area contributed by atoms with Crippen molar-refractivity contribution in [3.05, 3.63) is 107 Å². The number of carbonyl (C=O) groups excluding carboxylic acids is 1. The molecular formula is C26H24FN3O2. The standard InChI is InChI=1S/C26H24FN3O2/c27-20-10-8-18(9-11-20)19-15-25(29-17-19)23-6-1-2-7-24(23)26(32)30-22(12-14-31)16-21-5-3-4-13-28-21/h1-11,13,15,22,31H,12,14,16-17H2,(H,30,32)/t22-/m0/s1. The van der Waals surface area contributed by atoms with Crippen molar-refractivity contribution in [2.24, 2.45) is 4.99 Å². The number of aliphatic imine (C=N–C) groups is 1. The number of allylic oxidation sites excluding steroid dienone is 1. The lowest BCUT2D eigenvalue weighted by Crippen LogP contribution is -2.38. The number of halogens is 1. The van der Waals surface area contributed by atoms with Crippen LogP contribution in [0.15, 0.2) is 84.0 Å². The van der Waals surface area contributed by atoms with Crippen molar-refractivity contribution in [2.75, 3.05) is 13.2 Å². The highest BCUT2D eigenvalue weighted by molar-refractivity contribution is 6.19. The van der Waals surface area contributed by atoms with Crippen molar-refractivity contribution in [2.45, 2.75) is 18.9 Å². The maximum atomic E-state index is 13.2. The highest BCUT2D eigenvalue weighted by Gasteiger charge is 2.20. The van der Waals surface area contributed by atoms with E-state index in [9.17, 15) is 14.3 Å². The quantitative estimate of drug-likeness (QED) is 0.572. The van der Waals surface area contributed by atoms with Crippen LogP contribution >= 0.6 is 0 Å². The number of rotatable bonds is 8. The normalized spacial score (nSPS) is 13.9. The molecule has 4 rings (SSSR count). The first-order chi connectivity index (χ1) is 15.6. The summed E-state index contributed by atoms with van der Waals surface area (Å²) in [6.45, 7) is 0.444. The van der Waals surface area contributed by atoms with Crippen LogP contribution in [0.5, 0.6) is 0 Å². The summed E-state index contributed by atoms with van der Waals surface area (Å²) in [6, 6.07) is 19.1. The largest absolute Gasteiger partial charge is 0.396 e. The molecule has 2 heterocycles. The van der Waals surface area contributed by atoms with Crippen LogP contribution in [0.2, 0.25) is 0 Å². The molecule has 6 heteroatoms. The van der Waals surface area contributed by atoms with Crippen LogP contribution in [0.4, 0.5) is 4.39 Å². The van der Waals surface area contributed by atoms with Gasteiger partial charge in [0.2, 0.25) is 0 Å². The molecule has 162 valence electrons. The Bertz CT molecular complexity index is 1140. The molecule has 1 atom stereocenters. The number of aromatic nitrogens is 1. The van der Waals surface area contributed by atoms with E-state index in [2.05, 4.69) is 15.3 Å². The highest BCUT2D eigenvalue weighted by Crippen LogP contribution is 2.23. The molecule has 0 bridgehead atoms. The third kappa shape index (κ3) is 5.15. The minimum absolute atomic E-state index is 0.0318. The van der Waals surface area contributed by atoms with Crippen molar-refractivity contribution in [3.63, 3.8) is 0 Å². The molecule has 0 saturated heterocycles. The number of aliphatic hydroxyl groups excluding tert-OH is 1. The second kappa shape index (κ2) is 10.1. The van der Waals surface area contributed by atoms with Crippen LogP contribution in [-0.4, -0.2) is 40.9 Å². The Morgan fingerprint density at radius 1 is 1.06 bits per heavy atom. The number of nitrogens with one attached hydrogen (secondary N) is 1. The van der Waals surface area contributed by atoms with Crippen molar-refractivity contribution < 1.29 is 14.3 Å². The van der Waals surface area contributed by atoms with Gasteiger partial charge < -0.3 is 10.4 Å². The molecular weight excluding hydrogens is 405 g/mol. The summed E-state index contributed by atoms with van der Waals surface area (Å²) in [7, 11) is 0. The van der Waals surface area contributed by atoms with Gasteiger partial charge in [0.15, 0.2) is 0 Å². The van der Waals surface area contributed by atoms with E-state index >= 15 is 0 Å². The first kappa shape index (κ1) is 21.6. The SMILES string of the molecule is O=C(N[C@@H](CCO)Cc1ccccn1)c1ccccc1C1=NCC(c2ccc(F)cc2)=C1. The number of pyridine rings is 1. The van der Waals surface area contributed by atoms with Gasteiger partial charge in [-0.05, 0) is 54.0 Å². The van der Waals surface area contributed by atoms with E-state index < -0.39 is 0 Å². The van der Waals surface area contributed by atoms with Crippen LogP contribution < -0.4 is 5.32 Å². The molecule has 0 spiro atoms. The van der Waals surface area contributed by atoms with Gasteiger partial charge in [0.1, 0.15) is 5.82 Å². The van der Waals surface area contributed by atoms with E-state index in [4.69, 9.17) is 0 Å². The average molecular weight is 429 g/mol. The Balaban J connectivity index is 1.53.